The fourth-order valence-corrected chi connectivity index (χ4v) is 12.4. The maximum absolute atomic E-state index is 14.8. The Morgan fingerprint density at radius 2 is 1.43 bits per heavy atom. The number of aryl methyl sites for hydroxylation is 1. The first kappa shape index (κ1) is 79.3. The lowest BCUT2D eigenvalue weighted by Crippen LogP contribution is -2.60. The molecule has 1 saturated heterocycles. The molecule has 26 nitrogen and oxygen atoms in total. The van der Waals surface area contributed by atoms with Crippen LogP contribution in [-0.2, 0) is 72.7 Å². The van der Waals surface area contributed by atoms with Crippen molar-refractivity contribution >= 4 is 82.4 Å². The minimum atomic E-state index is -1.11. The van der Waals surface area contributed by atoms with Gasteiger partial charge in [0, 0.05) is 60.1 Å². The van der Waals surface area contributed by atoms with E-state index in [0.717, 1.165) is 0 Å². The first-order valence-corrected chi connectivity index (χ1v) is 33.5. The summed E-state index contributed by atoms with van der Waals surface area (Å²) in [5, 5.41) is 35.8. The highest BCUT2D eigenvalue weighted by Crippen LogP contribution is 2.31. The Bertz CT molecular complexity index is 2940. The molecular formula is C66H103Cl2N13O13. The van der Waals surface area contributed by atoms with E-state index in [0.29, 0.717) is 67.0 Å². The van der Waals surface area contributed by atoms with Gasteiger partial charge in [-0.1, -0.05) is 116 Å². The largest absolute Gasteiger partial charge is 0.445 e. The topological polar surface area (TPSA) is 340 Å². The second-order valence-corrected chi connectivity index (χ2v) is 25.9. The number of likely N-dealkylation sites (tertiary alicyclic amines) is 1. The number of carbonyl (C=O) groups excluding carboxylic acids is 9. The highest BCUT2D eigenvalue weighted by atomic mass is 35.5. The van der Waals surface area contributed by atoms with Gasteiger partial charge in [0.15, 0.2) is 0 Å². The van der Waals surface area contributed by atoms with E-state index in [1.807, 2.05) is 32.0 Å². The van der Waals surface area contributed by atoms with Gasteiger partial charge < -0.3 is 66.8 Å². The van der Waals surface area contributed by atoms with Gasteiger partial charge in [0.05, 0.1) is 66.2 Å². The number of nitrogens with zero attached hydrogens (tertiary/aromatic N) is 6. The fourth-order valence-electron chi connectivity index (χ4n) is 11.9. The molecule has 1 aliphatic rings. The standard InChI is InChI=1S/C66H103Cl2N13O13/c1-15-41(8)57(51(92-13)34-53(83)80-32-20-25-49(80)59(93-14)42(9)60(85)71-43(10)58(84)45-22-17-16-18-23-45)78(11)64(89)55(39(4)5)75-63(88)56(40(6)7)79(12)66(91)94-37-44-27-29-46(30-28-44)72-61(86)47(24-19-31-70-65(69)90)73-62(87)54(38(2)3)74-52(82)26-21-33-81-50(36-68)48(35-67)76-77-81/h16-18,22-23,27-30,38-43,47,49,51,54-59,84H,15,19-21,24-26,31-37H2,1-14H3,(H,71,85)(H,72,86)(H,73,87)(H,74,82)(H,75,88)(H3,69,70,90)/t41-,42+,43+,47-,49-,51+,54-,55-,56-,57-,58+,59+/m0/s1. The minimum absolute atomic E-state index is 0.0558. The molecule has 4 rings (SSSR count). The second kappa shape index (κ2) is 39.0. The van der Waals surface area contributed by atoms with E-state index in [-0.39, 0.29) is 74.2 Å². The summed E-state index contributed by atoms with van der Waals surface area (Å²) in [6.07, 6.45) is -0.619. The van der Waals surface area contributed by atoms with Gasteiger partial charge in [-0.05, 0) is 86.0 Å². The van der Waals surface area contributed by atoms with E-state index in [4.69, 9.17) is 43.1 Å². The molecule has 0 unspecified atom stereocenters. The van der Waals surface area contributed by atoms with Crippen LogP contribution >= 0.6 is 23.2 Å². The lowest BCUT2D eigenvalue weighted by molar-refractivity contribution is -0.148. The zero-order valence-corrected chi connectivity index (χ0v) is 58.6. The first-order valence-electron chi connectivity index (χ1n) is 32.5. The number of primary amides is 1. The van der Waals surface area contributed by atoms with Gasteiger partial charge in [-0.15, -0.1) is 28.3 Å². The van der Waals surface area contributed by atoms with Gasteiger partial charge in [-0.25, -0.2) is 14.3 Å². The van der Waals surface area contributed by atoms with Crippen LogP contribution in [0.3, 0.4) is 0 Å². The maximum atomic E-state index is 14.8. The van der Waals surface area contributed by atoms with Crippen LogP contribution in [0.25, 0.3) is 0 Å². The normalized spacial score (nSPS) is 16.7. The summed E-state index contributed by atoms with van der Waals surface area (Å²) in [5.41, 5.74) is 8.00. The summed E-state index contributed by atoms with van der Waals surface area (Å²) in [5.74, 6) is -4.95. The van der Waals surface area contributed by atoms with Gasteiger partial charge in [0.1, 0.15) is 36.5 Å². The van der Waals surface area contributed by atoms with E-state index >= 15 is 0 Å². The summed E-state index contributed by atoms with van der Waals surface area (Å²) >= 11 is 12.0. The van der Waals surface area contributed by atoms with Crippen molar-refractivity contribution in [2.75, 3.05) is 46.7 Å². The number of urea groups is 1. The summed E-state index contributed by atoms with van der Waals surface area (Å²) in [6, 6.07) is 8.81. The average Bonchev–Trinajstić information content (AvgIpc) is 1.36. The average molecular weight is 1360 g/mol. The molecule has 94 heavy (non-hydrogen) atoms. The van der Waals surface area contributed by atoms with Crippen LogP contribution in [0.5, 0.6) is 0 Å². The number of likely N-dealkylation sites (N-methyl/N-ethyl adjacent to an activating group) is 2. The third-order valence-corrected chi connectivity index (χ3v) is 18.0. The molecule has 0 spiro atoms. The number of alkyl halides is 2. The molecule has 12 atom stereocenters. The number of rotatable bonds is 38. The van der Waals surface area contributed by atoms with Crippen molar-refractivity contribution in [3.05, 3.63) is 77.1 Å². The first-order chi connectivity index (χ1) is 44.5. The Morgan fingerprint density at radius 1 is 0.766 bits per heavy atom. The predicted octanol–water partition coefficient (Wildman–Crippen LogP) is 6.14. The van der Waals surface area contributed by atoms with Crippen LogP contribution in [-0.4, -0.2) is 184 Å². The summed E-state index contributed by atoms with van der Waals surface area (Å²) in [6.45, 7) is 18.8. The Balaban J connectivity index is 1.39. The number of anilines is 1. The van der Waals surface area contributed by atoms with Crippen molar-refractivity contribution in [2.45, 2.75) is 206 Å². The van der Waals surface area contributed by atoms with E-state index in [9.17, 15) is 48.3 Å². The number of halogens is 2. The molecule has 0 radical (unpaired) electrons. The van der Waals surface area contributed by atoms with Crippen molar-refractivity contribution < 1.29 is 62.5 Å². The smallest absolute Gasteiger partial charge is 0.410 e. The Kier molecular flexibility index (Phi) is 32.9. The van der Waals surface area contributed by atoms with Crippen LogP contribution in [0.4, 0.5) is 15.3 Å². The lowest BCUT2D eigenvalue weighted by Gasteiger charge is -2.41. The molecule has 0 bridgehead atoms. The van der Waals surface area contributed by atoms with Crippen molar-refractivity contribution in [2.24, 2.45) is 35.3 Å². The molecule has 1 aliphatic heterocycles. The number of carbonyl (C=O) groups is 9. The molecule has 0 saturated carbocycles. The summed E-state index contributed by atoms with van der Waals surface area (Å²) in [7, 11) is 6.09. The molecule has 2 aromatic carbocycles. The molecule has 1 fully saturated rings. The Morgan fingerprint density at radius 3 is 2.00 bits per heavy atom. The van der Waals surface area contributed by atoms with E-state index in [2.05, 4.69) is 42.2 Å². The quantitative estimate of drug-likeness (QED) is 0.0236. The maximum Gasteiger partial charge on any atom is 0.410 e. The van der Waals surface area contributed by atoms with Gasteiger partial charge >= 0.3 is 12.1 Å². The number of aliphatic hydroxyl groups is 1. The monoisotopic (exact) mass is 1360 g/mol. The number of amides is 10. The van der Waals surface area contributed by atoms with Gasteiger partial charge in [-0.3, -0.25) is 38.5 Å². The fraction of sp³-hybridized carbons (Fsp3) is 0.652. The van der Waals surface area contributed by atoms with Crippen LogP contribution in [0.1, 0.15) is 149 Å². The molecule has 1 aromatic heterocycles. The number of aromatic nitrogens is 3. The van der Waals surface area contributed by atoms with Crippen LogP contribution in [0, 0.1) is 29.6 Å². The minimum Gasteiger partial charge on any atom is -0.445 e. The van der Waals surface area contributed by atoms with Crippen molar-refractivity contribution in [1.82, 2.24) is 56.3 Å². The van der Waals surface area contributed by atoms with E-state index < -0.39 is 120 Å². The van der Waals surface area contributed by atoms with Gasteiger partial charge in [0.25, 0.3) is 0 Å². The van der Waals surface area contributed by atoms with Crippen molar-refractivity contribution in [1.29, 1.82) is 0 Å². The number of hydrogen-bond acceptors (Lipinski definition) is 15. The highest BCUT2D eigenvalue weighted by Gasteiger charge is 2.44. The molecule has 9 N–H and O–H groups in total. The number of benzene rings is 2. The van der Waals surface area contributed by atoms with Gasteiger partial charge in [0.2, 0.25) is 41.4 Å². The zero-order valence-electron chi connectivity index (χ0n) is 57.1. The molecule has 2 heterocycles. The predicted molar refractivity (Wildman–Crippen MR) is 357 cm³/mol. The number of aliphatic hydroxyl groups excluding tert-OH is 1. The molecular weight excluding hydrogens is 1250 g/mol. The summed E-state index contributed by atoms with van der Waals surface area (Å²) < 4.78 is 19.4. The number of hydrogen-bond donors (Lipinski definition) is 8. The molecule has 28 heteroatoms. The number of nitrogens with one attached hydrogen (secondary N) is 6. The van der Waals surface area contributed by atoms with Crippen molar-refractivity contribution in [3.8, 4) is 0 Å². The molecule has 0 aliphatic carbocycles. The third-order valence-electron chi connectivity index (χ3n) is 17.5. The molecule has 524 valence electrons. The van der Waals surface area contributed by atoms with Crippen molar-refractivity contribution in [3.63, 3.8) is 0 Å². The lowest BCUT2D eigenvalue weighted by atomic mass is 9.89. The Labute approximate surface area is 563 Å². The number of nitrogens with two attached hydrogens (primary N) is 1. The molecule has 3 aromatic rings. The van der Waals surface area contributed by atoms with E-state index in [1.165, 1.54) is 26.2 Å². The van der Waals surface area contributed by atoms with Gasteiger partial charge in [-0.2, -0.15) is 0 Å². The molecule has 10 amide bonds. The van der Waals surface area contributed by atoms with E-state index in [1.54, 1.807) is 113 Å². The van der Waals surface area contributed by atoms with Crippen LogP contribution in [0.15, 0.2) is 54.6 Å². The number of methoxy groups -OCH3 is 2. The van der Waals surface area contributed by atoms with Crippen LogP contribution < -0.4 is 37.6 Å². The zero-order chi connectivity index (χ0) is 70.1. The van der Waals surface area contributed by atoms with Crippen LogP contribution in [0.2, 0.25) is 0 Å². The highest BCUT2D eigenvalue weighted by molar-refractivity contribution is 6.18. The third kappa shape index (κ3) is 22.8. The number of ether oxygens (including phenoxy) is 3. The summed E-state index contributed by atoms with van der Waals surface area (Å²) in [4.78, 5) is 128. The SMILES string of the molecule is CC[C@H](C)[C@@H]([C@@H](CC(=O)N1CCC[C@H]1[C@H](OC)[C@@H](C)C(=O)N[C@H](C)[C@@H](O)c1ccccc1)OC)N(C)C(=O)[C@@H](NC(=O)[C@H](C(C)C)N(C)C(=O)OCc1ccc(NC(=O)[C@H](CCCNC(N)=O)NC(=O)[C@@H](NC(=O)CCCn2nnc(CCl)c2CCl)C(C)C)cc1)C(C)C. The Hall–Kier alpha value is -7.13. The second-order valence-electron chi connectivity index (χ2n) is 25.4.